The number of rotatable bonds is 5. The van der Waals surface area contributed by atoms with E-state index in [4.69, 9.17) is 0 Å². The van der Waals surface area contributed by atoms with E-state index in [9.17, 15) is 0 Å². The molecule has 2 heteroatoms. The Morgan fingerprint density at radius 1 is 0.375 bits per heavy atom. The fraction of sp³-hybridized carbons (Fsp3) is 0.111. The molecule has 0 radical (unpaired) electrons. The minimum atomic E-state index is -0.108. The zero-order valence-corrected chi connectivity index (χ0v) is 32.9. The van der Waals surface area contributed by atoms with Gasteiger partial charge in [-0.1, -0.05) is 155 Å². The van der Waals surface area contributed by atoms with Gasteiger partial charge in [0.15, 0.2) is 0 Å². The van der Waals surface area contributed by atoms with Gasteiger partial charge in [0.05, 0.1) is 11.4 Å². The summed E-state index contributed by atoms with van der Waals surface area (Å²) in [5, 5.41) is 2.63. The van der Waals surface area contributed by atoms with E-state index in [1.807, 2.05) is 11.3 Å². The Morgan fingerprint density at radius 2 is 0.946 bits per heavy atom. The molecule has 0 amide bonds. The molecule has 1 nitrogen and oxygen atoms in total. The summed E-state index contributed by atoms with van der Waals surface area (Å²) in [5.41, 5.74) is 19.1. The number of benzene rings is 8. The highest BCUT2D eigenvalue weighted by atomic mass is 32.1. The van der Waals surface area contributed by atoms with Crippen LogP contribution in [0.25, 0.3) is 64.7 Å². The Hall–Kier alpha value is -6.22. The van der Waals surface area contributed by atoms with Crippen LogP contribution in [0.4, 0.5) is 17.1 Å². The summed E-state index contributed by atoms with van der Waals surface area (Å²) >= 11 is 1.87. The average Bonchev–Trinajstić information content (AvgIpc) is 3.81. The number of thiophene rings is 1. The molecule has 0 unspecified atom stereocenters. The van der Waals surface area contributed by atoms with Gasteiger partial charge in [0.2, 0.25) is 0 Å². The van der Waals surface area contributed by atoms with Crippen LogP contribution in [0.15, 0.2) is 176 Å². The monoisotopic (exact) mass is 735 g/mol. The highest BCUT2D eigenvalue weighted by Gasteiger charge is 2.38. The second-order valence-corrected chi connectivity index (χ2v) is 17.6. The van der Waals surface area contributed by atoms with Gasteiger partial charge in [-0.05, 0) is 104 Å². The van der Waals surface area contributed by atoms with Crippen LogP contribution < -0.4 is 4.90 Å². The Kier molecular flexibility index (Phi) is 7.18. The minimum absolute atomic E-state index is 0.00755. The van der Waals surface area contributed by atoms with Crippen molar-refractivity contribution in [2.75, 3.05) is 4.90 Å². The van der Waals surface area contributed by atoms with E-state index in [1.54, 1.807) is 0 Å². The molecule has 2 aliphatic carbocycles. The predicted octanol–water partition coefficient (Wildman–Crippen LogP) is 15.5. The quantitative estimate of drug-likeness (QED) is 0.170. The zero-order chi connectivity index (χ0) is 37.8. The lowest BCUT2D eigenvalue weighted by molar-refractivity contribution is 0.660. The van der Waals surface area contributed by atoms with Crippen LogP contribution in [0.2, 0.25) is 0 Å². The van der Waals surface area contributed by atoms with Gasteiger partial charge in [0.1, 0.15) is 0 Å². The number of hydrogen-bond acceptors (Lipinski definition) is 2. The van der Waals surface area contributed by atoms with Crippen LogP contribution in [0.1, 0.15) is 49.9 Å². The SMILES string of the molecule is CC1(C)c2ccccc2-c2cc(-c3ccc(N(c4ccccc4-c4ccc5sc6ccccc6c5c4)c4cccc5c4-c4ccccc4C5(C)C)cc3)ccc21. The van der Waals surface area contributed by atoms with Crippen molar-refractivity contribution in [1.82, 2.24) is 0 Å². The normalized spacial score (nSPS) is 14.4. The number of hydrogen-bond donors (Lipinski definition) is 0. The largest absolute Gasteiger partial charge is 0.309 e. The lowest BCUT2D eigenvalue weighted by Gasteiger charge is -2.30. The molecule has 2 aliphatic rings. The maximum atomic E-state index is 2.51. The zero-order valence-electron chi connectivity index (χ0n) is 32.1. The first-order valence-corrected chi connectivity index (χ1v) is 20.5. The number of fused-ring (bicyclic) bond motifs is 9. The summed E-state index contributed by atoms with van der Waals surface area (Å²) < 4.78 is 2.64. The molecule has 268 valence electrons. The van der Waals surface area contributed by atoms with Gasteiger partial charge >= 0.3 is 0 Å². The summed E-state index contributed by atoms with van der Waals surface area (Å²) in [6.07, 6.45) is 0. The van der Waals surface area contributed by atoms with Crippen LogP contribution in [-0.2, 0) is 10.8 Å². The molecule has 0 spiro atoms. The van der Waals surface area contributed by atoms with Gasteiger partial charge < -0.3 is 4.90 Å². The van der Waals surface area contributed by atoms with Crippen molar-refractivity contribution in [1.29, 1.82) is 0 Å². The van der Waals surface area contributed by atoms with Gasteiger partial charge in [0.25, 0.3) is 0 Å². The molecule has 0 saturated heterocycles. The van der Waals surface area contributed by atoms with Crippen molar-refractivity contribution in [2.45, 2.75) is 38.5 Å². The maximum Gasteiger partial charge on any atom is 0.0543 e. The first-order chi connectivity index (χ1) is 27.3. The van der Waals surface area contributed by atoms with E-state index in [0.717, 1.165) is 11.4 Å². The number of para-hydroxylation sites is 1. The summed E-state index contributed by atoms with van der Waals surface area (Å²) in [6, 6.07) is 65.8. The summed E-state index contributed by atoms with van der Waals surface area (Å²) in [5.74, 6) is 0. The van der Waals surface area contributed by atoms with Crippen molar-refractivity contribution in [3.63, 3.8) is 0 Å². The molecule has 0 N–H and O–H groups in total. The lowest BCUT2D eigenvalue weighted by atomic mass is 9.82. The second-order valence-electron chi connectivity index (χ2n) is 16.5. The van der Waals surface area contributed by atoms with Gasteiger partial charge in [-0.2, -0.15) is 0 Å². The van der Waals surface area contributed by atoms with Crippen LogP contribution in [0.3, 0.4) is 0 Å². The van der Waals surface area contributed by atoms with Crippen molar-refractivity contribution in [3.05, 3.63) is 198 Å². The third kappa shape index (κ3) is 4.79. The molecule has 0 saturated carbocycles. The summed E-state index contributed by atoms with van der Waals surface area (Å²) in [6.45, 7) is 9.42. The minimum Gasteiger partial charge on any atom is -0.309 e. The molecule has 0 fully saturated rings. The highest BCUT2D eigenvalue weighted by molar-refractivity contribution is 7.25. The predicted molar refractivity (Wildman–Crippen MR) is 240 cm³/mol. The molecule has 0 aliphatic heterocycles. The van der Waals surface area contributed by atoms with Gasteiger partial charge in [-0.25, -0.2) is 0 Å². The fourth-order valence-electron chi connectivity index (χ4n) is 9.84. The van der Waals surface area contributed by atoms with Gasteiger partial charge in [-0.15, -0.1) is 11.3 Å². The highest BCUT2D eigenvalue weighted by Crippen LogP contribution is 2.55. The van der Waals surface area contributed by atoms with Crippen molar-refractivity contribution < 1.29 is 0 Å². The van der Waals surface area contributed by atoms with Crippen molar-refractivity contribution in [2.24, 2.45) is 0 Å². The van der Waals surface area contributed by atoms with E-state index in [0.29, 0.717) is 0 Å². The van der Waals surface area contributed by atoms with E-state index in [1.165, 1.54) is 92.6 Å². The van der Waals surface area contributed by atoms with E-state index >= 15 is 0 Å². The maximum absolute atomic E-state index is 2.51. The fourth-order valence-corrected chi connectivity index (χ4v) is 10.9. The van der Waals surface area contributed by atoms with Crippen LogP contribution >= 0.6 is 11.3 Å². The topological polar surface area (TPSA) is 3.24 Å². The Labute approximate surface area is 333 Å². The van der Waals surface area contributed by atoms with Crippen LogP contribution in [0, 0.1) is 0 Å². The smallest absolute Gasteiger partial charge is 0.0543 e. The summed E-state index contributed by atoms with van der Waals surface area (Å²) in [7, 11) is 0. The van der Waals surface area contributed by atoms with E-state index in [2.05, 4.69) is 209 Å². The van der Waals surface area contributed by atoms with Gasteiger partial charge in [0, 0.05) is 47.8 Å². The molecule has 1 heterocycles. The molecular formula is C54H41NS. The summed E-state index contributed by atoms with van der Waals surface area (Å²) in [4.78, 5) is 2.51. The molecule has 56 heavy (non-hydrogen) atoms. The van der Waals surface area contributed by atoms with E-state index in [-0.39, 0.29) is 10.8 Å². The molecule has 11 rings (SSSR count). The standard InChI is InChI=1S/C54H41NS/c1-53(2)44-18-9-5-15-39(44)42-32-35(26-30-46(42)53)34-24-28-37(29-25-34)55(49-22-13-20-47-52(49)41-17-6-10-19-45(41)54(47,3)4)48-21-11-7-14-38(48)36-27-31-51-43(33-36)40-16-8-12-23-50(40)56-51/h5-33H,1-4H3. The van der Waals surface area contributed by atoms with Crippen molar-refractivity contribution >= 4 is 48.6 Å². The Morgan fingerprint density at radius 3 is 1.77 bits per heavy atom. The number of nitrogens with zero attached hydrogens (tertiary/aromatic N) is 1. The lowest BCUT2D eigenvalue weighted by Crippen LogP contribution is -2.16. The van der Waals surface area contributed by atoms with Gasteiger partial charge in [-0.3, -0.25) is 0 Å². The Balaban J connectivity index is 1.10. The van der Waals surface area contributed by atoms with Crippen molar-refractivity contribution in [3.8, 4) is 44.5 Å². The third-order valence-electron chi connectivity index (χ3n) is 12.7. The molecule has 0 bridgehead atoms. The first-order valence-electron chi connectivity index (χ1n) is 19.7. The van der Waals surface area contributed by atoms with E-state index < -0.39 is 0 Å². The first kappa shape index (κ1) is 33.1. The molecule has 0 atom stereocenters. The average molecular weight is 736 g/mol. The second kappa shape index (κ2) is 12.1. The molecular weight excluding hydrogens is 695 g/mol. The van der Waals surface area contributed by atoms with Crippen LogP contribution in [-0.4, -0.2) is 0 Å². The molecule has 9 aromatic rings. The Bertz CT molecular complexity index is 3030. The number of anilines is 3. The molecule has 8 aromatic carbocycles. The van der Waals surface area contributed by atoms with Crippen LogP contribution in [0.5, 0.6) is 0 Å². The third-order valence-corrected chi connectivity index (χ3v) is 13.9. The molecule has 1 aromatic heterocycles.